The zero-order valence-electron chi connectivity index (χ0n) is 10.6. The molecule has 0 aliphatic carbocycles. The maximum atomic E-state index is 6.18. The minimum atomic E-state index is -0.243. The molecule has 4 nitrogen and oxygen atoms in total. The Hall–Kier alpha value is -1.46. The molecular weight excluding hydrogens is 246 g/mol. The third-order valence-corrected chi connectivity index (χ3v) is 3.31. The lowest BCUT2D eigenvalue weighted by molar-refractivity contribution is 0.315. The molecule has 0 fully saturated rings. The summed E-state index contributed by atoms with van der Waals surface area (Å²) in [6.45, 7) is 4.73. The van der Waals surface area contributed by atoms with Gasteiger partial charge in [0.05, 0.1) is 29.5 Å². The number of pyridine rings is 1. The van der Waals surface area contributed by atoms with Crippen LogP contribution >= 0.6 is 11.3 Å². The number of thiazole rings is 1. The van der Waals surface area contributed by atoms with Crippen molar-refractivity contribution in [2.75, 3.05) is 6.61 Å². The van der Waals surface area contributed by atoms with E-state index < -0.39 is 0 Å². The minimum Gasteiger partial charge on any atom is -0.492 e. The van der Waals surface area contributed by atoms with Gasteiger partial charge in [-0.3, -0.25) is 4.98 Å². The molecule has 0 aromatic carbocycles. The highest BCUT2D eigenvalue weighted by Crippen LogP contribution is 2.23. The average Bonchev–Trinajstić information content (AvgIpc) is 2.82. The third-order valence-electron chi connectivity index (χ3n) is 2.52. The highest BCUT2D eigenvalue weighted by Gasteiger charge is 2.13. The molecule has 2 heterocycles. The van der Waals surface area contributed by atoms with E-state index in [2.05, 4.69) is 16.9 Å². The van der Waals surface area contributed by atoms with Gasteiger partial charge in [-0.1, -0.05) is 6.92 Å². The van der Waals surface area contributed by atoms with Gasteiger partial charge in [-0.15, -0.1) is 11.3 Å². The number of aromatic nitrogens is 2. The minimum absolute atomic E-state index is 0.243. The van der Waals surface area contributed by atoms with Gasteiger partial charge >= 0.3 is 0 Å². The Morgan fingerprint density at radius 2 is 2.28 bits per heavy atom. The lowest BCUT2D eigenvalue weighted by Crippen LogP contribution is -2.13. The number of hydrogen-bond acceptors (Lipinski definition) is 5. The zero-order chi connectivity index (χ0) is 13.0. The van der Waals surface area contributed by atoms with Crippen LogP contribution in [0.1, 0.15) is 35.7 Å². The molecule has 2 N–H and O–H groups in total. The number of nitrogens with zero attached hydrogens (tertiary/aromatic N) is 2. The van der Waals surface area contributed by atoms with E-state index in [1.54, 1.807) is 23.7 Å². The van der Waals surface area contributed by atoms with E-state index in [0.717, 1.165) is 28.4 Å². The van der Waals surface area contributed by atoms with E-state index in [0.29, 0.717) is 6.61 Å². The molecular formula is C13H17N3OS. The standard InChI is InChI=1S/C13H17N3OS/c1-3-4-17-11-5-10(6-15-7-11)13(14)12-8-18-9(2)16-12/h5-8,13H,3-4,14H2,1-2H3. The molecule has 0 saturated heterocycles. The summed E-state index contributed by atoms with van der Waals surface area (Å²) in [5.74, 6) is 0.761. The molecule has 0 aliphatic heterocycles. The lowest BCUT2D eigenvalue weighted by Gasteiger charge is -2.11. The number of nitrogens with two attached hydrogens (primary N) is 1. The summed E-state index contributed by atoms with van der Waals surface area (Å²) < 4.78 is 5.55. The summed E-state index contributed by atoms with van der Waals surface area (Å²) in [6, 6.07) is 1.69. The van der Waals surface area contributed by atoms with E-state index in [9.17, 15) is 0 Å². The van der Waals surface area contributed by atoms with Crippen LogP contribution in [0.15, 0.2) is 23.8 Å². The Balaban J connectivity index is 2.17. The number of rotatable bonds is 5. The molecule has 5 heteroatoms. The van der Waals surface area contributed by atoms with Crippen LogP contribution in [0.3, 0.4) is 0 Å². The Labute approximate surface area is 111 Å². The topological polar surface area (TPSA) is 61.0 Å². The van der Waals surface area contributed by atoms with Crippen LogP contribution in [0.5, 0.6) is 5.75 Å². The maximum absolute atomic E-state index is 6.18. The first-order chi connectivity index (χ1) is 8.70. The van der Waals surface area contributed by atoms with Gasteiger partial charge in [0.15, 0.2) is 0 Å². The first kappa shape index (κ1) is 13.0. The van der Waals surface area contributed by atoms with Crippen molar-refractivity contribution < 1.29 is 4.74 Å². The molecule has 18 heavy (non-hydrogen) atoms. The summed E-state index contributed by atoms with van der Waals surface area (Å²) in [6.07, 6.45) is 4.44. The van der Waals surface area contributed by atoms with Crippen molar-refractivity contribution in [3.05, 3.63) is 40.1 Å². The van der Waals surface area contributed by atoms with Crippen LogP contribution in [-0.4, -0.2) is 16.6 Å². The summed E-state index contributed by atoms with van der Waals surface area (Å²) >= 11 is 1.60. The van der Waals surface area contributed by atoms with Crippen LogP contribution in [-0.2, 0) is 0 Å². The largest absolute Gasteiger partial charge is 0.492 e. The molecule has 2 rings (SSSR count). The SMILES string of the molecule is CCCOc1cncc(C(N)c2csc(C)n2)c1. The van der Waals surface area contributed by atoms with Crippen molar-refractivity contribution in [2.24, 2.45) is 5.73 Å². The molecule has 1 atom stereocenters. The summed E-state index contributed by atoms with van der Waals surface area (Å²) in [5, 5.41) is 3.01. The molecule has 0 amide bonds. The molecule has 2 aromatic heterocycles. The van der Waals surface area contributed by atoms with Crippen molar-refractivity contribution in [1.29, 1.82) is 0 Å². The molecule has 0 bridgehead atoms. The fraction of sp³-hybridized carbons (Fsp3) is 0.385. The van der Waals surface area contributed by atoms with Crippen LogP contribution in [0.4, 0.5) is 0 Å². The van der Waals surface area contributed by atoms with E-state index in [4.69, 9.17) is 10.5 Å². The predicted octanol–water partition coefficient (Wildman–Crippen LogP) is 2.68. The fourth-order valence-electron chi connectivity index (χ4n) is 1.60. The van der Waals surface area contributed by atoms with Gasteiger partial charge in [0.2, 0.25) is 0 Å². The van der Waals surface area contributed by atoms with Gasteiger partial charge in [0.25, 0.3) is 0 Å². The maximum Gasteiger partial charge on any atom is 0.137 e. The van der Waals surface area contributed by atoms with Crippen LogP contribution in [0, 0.1) is 6.92 Å². The molecule has 2 aromatic rings. The van der Waals surface area contributed by atoms with Crippen molar-refractivity contribution >= 4 is 11.3 Å². The second-order valence-electron chi connectivity index (χ2n) is 4.07. The van der Waals surface area contributed by atoms with E-state index in [1.807, 2.05) is 18.4 Å². The Morgan fingerprint density at radius 3 is 2.94 bits per heavy atom. The first-order valence-corrected chi connectivity index (χ1v) is 6.84. The van der Waals surface area contributed by atoms with Crippen LogP contribution < -0.4 is 10.5 Å². The zero-order valence-corrected chi connectivity index (χ0v) is 11.4. The Morgan fingerprint density at radius 1 is 1.44 bits per heavy atom. The van der Waals surface area contributed by atoms with Crippen molar-refractivity contribution in [1.82, 2.24) is 9.97 Å². The molecule has 0 saturated carbocycles. The van der Waals surface area contributed by atoms with Crippen LogP contribution in [0.2, 0.25) is 0 Å². The van der Waals surface area contributed by atoms with E-state index >= 15 is 0 Å². The summed E-state index contributed by atoms with van der Waals surface area (Å²) in [4.78, 5) is 8.57. The van der Waals surface area contributed by atoms with Gasteiger partial charge in [-0.25, -0.2) is 4.98 Å². The monoisotopic (exact) mass is 263 g/mol. The van der Waals surface area contributed by atoms with Crippen LogP contribution in [0.25, 0.3) is 0 Å². The Kier molecular flexibility index (Phi) is 4.28. The molecule has 0 spiro atoms. The second kappa shape index (κ2) is 5.93. The first-order valence-electron chi connectivity index (χ1n) is 5.96. The van der Waals surface area contributed by atoms with Gasteiger partial charge in [-0.2, -0.15) is 0 Å². The van der Waals surface area contributed by atoms with E-state index in [1.165, 1.54) is 0 Å². The number of ether oxygens (including phenoxy) is 1. The van der Waals surface area contributed by atoms with Gasteiger partial charge < -0.3 is 10.5 Å². The van der Waals surface area contributed by atoms with Gasteiger partial charge in [-0.05, 0) is 25.0 Å². The summed E-state index contributed by atoms with van der Waals surface area (Å²) in [5.41, 5.74) is 7.98. The molecule has 96 valence electrons. The number of aryl methyl sites for hydroxylation is 1. The normalized spacial score (nSPS) is 12.4. The van der Waals surface area contributed by atoms with Gasteiger partial charge in [0.1, 0.15) is 5.75 Å². The highest BCUT2D eigenvalue weighted by molar-refractivity contribution is 7.09. The third kappa shape index (κ3) is 3.05. The highest BCUT2D eigenvalue weighted by atomic mass is 32.1. The second-order valence-corrected chi connectivity index (χ2v) is 5.13. The smallest absolute Gasteiger partial charge is 0.137 e. The predicted molar refractivity (Wildman–Crippen MR) is 72.9 cm³/mol. The van der Waals surface area contributed by atoms with Crippen molar-refractivity contribution in [2.45, 2.75) is 26.3 Å². The molecule has 0 aliphatic rings. The fourth-order valence-corrected chi connectivity index (χ4v) is 2.25. The van der Waals surface area contributed by atoms with E-state index in [-0.39, 0.29) is 6.04 Å². The summed E-state index contributed by atoms with van der Waals surface area (Å²) in [7, 11) is 0. The average molecular weight is 263 g/mol. The van der Waals surface area contributed by atoms with Crippen molar-refractivity contribution in [3.63, 3.8) is 0 Å². The molecule has 1 unspecified atom stereocenters. The molecule has 0 radical (unpaired) electrons. The van der Waals surface area contributed by atoms with Gasteiger partial charge in [0, 0.05) is 11.6 Å². The Bertz CT molecular complexity index is 512. The lowest BCUT2D eigenvalue weighted by atomic mass is 10.1. The number of hydrogen-bond donors (Lipinski definition) is 1. The quantitative estimate of drug-likeness (QED) is 0.901. The van der Waals surface area contributed by atoms with Crippen molar-refractivity contribution in [3.8, 4) is 5.75 Å².